The van der Waals surface area contributed by atoms with E-state index in [0.29, 0.717) is 11.8 Å². The Hall–Kier alpha value is -1.76. The number of aromatic carboxylic acids is 1. The second-order valence-corrected chi connectivity index (χ2v) is 5.58. The van der Waals surface area contributed by atoms with Crippen molar-refractivity contribution in [2.75, 3.05) is 17.6 Å². The van der Waals surface area contributed by atoms with E-state index >= 15 is 0 Å². The van der Waals surface area contributed by atoms with Gasteiger partial charge in [0.15, 0.2) is 5.69 Å². The number of carbonyl (C=O) groups excluding carboxylic acids is 1. The molecule has 0 saturated carbocycles. The van der Waals surface area contributed by atoms with Gasteiger partial charge in [-0.2, -0.15) is 11.8 Å². The number of thioether (sulfide) groups is 1. The second kappa shape index (κ2) is 6.42. The van der Waals surface area contributed by atoms with Gasteiger partial charge in [-0.1, -0.05) is 0 Å². The van der Waals surface area contributed by atoms with Crippen molar-refractivity contribution in [3.05, 3.63) is 24.0 Å². The Morgan fingerprint density at radius 3 is 3.05 bits per heavy atom. The van der Waals surface area contributed by atoms with Gasteiger partial charge < -0.3 is 15.7 Å². The summed E-state index contributed by atoms with van der Waals surface area (Å²) in [6.45, 7) is 0.596. The zero-order valence-electron chi connectivity index (χ0n) is 10.3. The molecule has 102 valence electrons. The van der Waals surface area contributed by atoms with Crippen LogP contribution in [0.3, 0.4) is 0 Å². The third-order valence-electron chi connectivity index (χ3n) is 2.77. The third kappa shape index (κ3) is 3.85. The topological polar surface area (TPSA) is 91.3 Å². The fourth-order valence-corrected chi connectivity index (χ4v) is 3.06. The molecule has 0 aromatic carbocycles. The lowest BCUT2D eigenvalue weighted by Gasteiger charge is -2.12. The maximum atomic E-state index is 11.7. The number of urea groups is 1. The number of nitrogens with one attached hydrogen (secondary N) is 2. The Bertz CT molecular complexity index is 475. The number of carboxylic acid groups (broad SMARTS) is 1. The molecule has 1 atom stereocenters. The van der Waals surface area contributed by atoms with Crippen LogP contribution in [0.15, 0.2) is 18.3 Å². The van der Waals surface area contributed by atoms with E-state index in [1.54, 1.807) is 6.07 Å². The predicted octanol–water partition coefficient (Wildman–Crippen LogP) is 1.80. The summed E-state index contributed by atoms with van der Waals surface area (Å²) in [5.41, 5.74) is 0.0412. The lowest BCUT2D eigenvalue weighted by molar-refractivity contribution is 0.0692. The van der Waals surface area contributed by atoms with Gasteiger partial charge in [0.1, 0.15) is 0 Å². The van der Waals surface area contributed by atoms with Gasteiger partial charge in [0.25, 0.3) is 0 Å². The fraction of sp³-hybridized carbons (Fsp3) is 0.417. The first-order valence-electron chi connectivity index (χ1n) is 6.01. The highest BCUT2D eigenvalue weighted by Gasteiger charge is 2.17. The van der Waals surface area contributed by atoms with E-state index in [0.717, 1.165) is 12.2 Å². The Morgan fingerprint density at radius 1 is 1.53 bits per heavy atom. The largest absolute Gasteiger partial charge is 0.476 e. The zero-order valence-corrected chi connectivity index (χ0v) is 11.1. The van der Waals surface area contributed by atoms with E-state index < -0.39 is 12.0 Å². The number of hydrogen-bond acceptors (Lipinski definition) is 4. The molecule has 2 amide bonds. The zero-order chi connectivity index (χ0) is 13.7. The van der Waals surface area contributed by atoms with Gasteiger partial charge in [-0.25, -0.2) is 14.6 Å². The van der Waals surface area contributed by atoms with Crippen LogP contribution in [0.25, 0.3) is 0 Å². The van der Waals surface area contributed by atoms with Crippen molar-refractivity contribution in [2.24, 2.45) is 0 Å². The molecule has 3 N–H and O–H groups in total. The molecule has 2 heterocycles. The maximum absolute atomic E-state index is 11.7. The molecule has 1 aromatic heterocycles. The van der Waals surface area contributed by atoms with Crippen LogP contribution in [0.2, 0.25) is 0 Å². The van der Waals surface area contributed by atoms with Crippen LogP contribution in [0.4, 0.5) is 10.5 Å². The molecule has 1 aromatic rings. The summed E-state index contributed by atoms with van der Waals surface area (Å²) in [4.78, 5) is 26.3. The molecule has 0 aliphatic carbocycles. The van der Waals surface area contributed by atoms with Crippen LogP contribution >= 0.6 is 11.8 Å². The summed E-state index contributed by atoms with van der Waals surface area (Å²) in [6.07, 6.45) is 3.67. The van der Waals surface area contributed by atoms with E-state index in [1.807, 2.05) is 11.8 Å². The molecule has 2 rings (SSSR count). The minimum absolute atomic E-state index is 0.159. The molecule has 7 heteroatoms. The quantitative estimate of drug-likeness (QED) is 0.782. The summed E-state index contributed by atoms with van der Waals surface area (Å²) in [6, 6.07) is 2.69. The van der Waals surface area contributed by atoms with Gasteiger partial charge in [0.2, 0.25) is 0 Å². The molecule has 1 aliphatic rings. The smallest absolute Gasteiger partial charge is 0.356 e. The summed E-state index contributed by atoms with van der Waals surface area (Å²) in [5.74, 6) is -0.0260. The summed E-state index contributed by atoms with van der Waals surface area (Å²) in [5, 5.41) is 14.7. The van der Waals surface area contributed by atoms with Crippen LogP contribution < -0.4 is 10.6 Å². The van der Waals surface area contributed by atoms with Gasteiger partial charge in [-0.05, 0) is 30.7 Å². The van der Waals surface area contributed by atoms with Gasteiger partial charge >= 0.3 is 12.0 Å². The molecule has 6 nitrogen and oxygen atoms in total. The average molecular weight is 281 g/mol. The highest BCUT2D eigenvalue weighted by molar-refractivity contribution is 8.00. The Morgan fingerprint density at radius 2 is 2.37 bits per heavy atom. The SMILES string of the molecule is O=C(NCC1CCCS1)Nc1cccnc1C(=O)O. The molecule has 0 spiro atoms. The summed E-state index contributed by atoms with van der Waals surface area (Å²) < 4.78 is 0. The number of anilines is 1. The van der Waals surface area contributed by atoms with Crippen molar-refractivity contribution < 1.29 is 14.7 Å². The first-order chi connectivity index (χ1) is 9.16. The van der Waals surface area contributed by atoms with Crippen molar-refractivity contribution >= 4 is 29.4 Å². The van der Waals surface area contributed by atoms with E-state index in [-0.39, 0.29) is 11.4 Å². The van der Waals surface area contributed by atoms with E-state index in [1.165, 1.54) is 18.7 Å². The van der Waals surface area contributed by atoms with E-state index in [4.69, 9.17) is 5.11 Å². The molecule has 1 saturated heterocycles. The number of aromatic nitrogens is 1. The summed E-state index contributed by atoms with van der Waals surface area (Å²) in [7, 11) is 0. The molecular weight excluding hydrogens is 266 g/mol. The highest BCUT2D eigenvalue weighted by atomic mass is 32.2. The number of rotatable bonds is 4. The van der Waals surface area contributed by atoms with Gasteiger partial charge in [0.05, 0.1) is 5.69 Å². The van der Waals surface area contributed by atoms with E-state index in [9.17, 15) is 9.59 Å². The van der Waals surface area contributed by atoms with E-state index in [2.05, 4.69) is 15.6 Å². The van der Waals surface area contributed by atoms with Crippen LogP contribution in [-0.2, 0) is 0 Å². The minimum Gasteiger partial charge on any atom is -0.476 e. The number of hydrogen-bond donors (Lipinski definition) is 3. The maximum Gasteiger partial charge on any atom is 0.356 e. The van der Waals surface area contributed by atoms with Crippen LogP contribution in [0.1, 0.15) is 23.3 Å². The fourth-order valence-electron chi connectivity index (χ4n) is 1.85. The van der Waals surface area contributed by atoms with Gasteiger partial charge in [0, 0.05) is 18.0 Å². The predicted molar refractivity (Wildman–Crippen MR) is 73.7 cm³/mol. The van der Waals surface area contributed by atoms with Crippen LogP contribution in [0, 0.1) is 0 Å². The Balaban J connectivity index is 1.89. The number of pyridine rings is 1. The Kier molecular flexibility index (Phi) is 4.62. The normalized spacial score (nSPS) is 18.0. The molecule has 0 bridgehead atoms. The standard InChI is InChI=1S/C12H15N3O3S/c16-11(17)10-9(4-1-5-13-10)15-12(18)14-7-8-3-2-6-19-8/h1,4-5,8H,2-3,6-7H2,(H,16,17)(H2,14,15,18). The van der Waals surface area contributed by atoms with Gasteiger partial charge in [-0.15, -0.1) is 0 Å². The number of nitrogens with zero attached hydrogens (tertiary/aromatic N) is 1. The van der Waals surface area contributed by atoms with Crippen LogP contribution in [0.5, 0.6) is 0 Å². The third-order valence-corrected chi connectivity index (χ3v) is 4.17. The lowest BCUT2D eigenvalue weighted by Crippen LogP contribution is -2.34. The minimum atomic E-state index is -1.16. The van der Waals surface area contributed by atoms with Crippen LogP contribution in [-0.4, -0.2) is 39.6 Å². The van der Waals surface area contributed by atoms with Crippen molar-refractivity contribution in [1.29, 1.82) is 0 Å². The van der Waals surface area contributed by atoms with Crippen molar-refractivity contribution in [2.45, 2.75) is 18.1 Å². The molecule has 1 fully saturated rings. The van der Waals surface area contributed by atoms with Crippen molar-refractivity contribution in [1.82, 2.24) is 10.3 Å². The lowest BCUT2D eigenvalue weighted by atomic mass is 10.2. The number of carbonyl (C=O) groups is 2. The molecular formula is C12H15N3O3S. The highest BCUT2D eigenvalue weighted by Crippen LogP contribution is 2.25. The van der Waals surface area contributed by atoms with Crippen molar-refractivity contribution in [3.63, 3.8) is 0 Å². The first kappa shape index (κ1) is 13.7. The monoisotopic (exact) mass is 281 g/mol. The second-order valence-electron chi connectivity index (χ2n) is 4.17. The molecule has 0 radical (unpaired) electrons. The summed E-state index contributed by atoms with van der Waals surface area (Å²) >= 11 is 1.85. The van der Waals surface area contributed by atoms with Gasteiger partial charge in [-0.3, -0.25) is 0 Å². The van der Waals surface area contributed by atoms with Crippen molar-refractivity contribution in [3.8, 4) is 0 Å². The molecule has 1 unspecified atom stereocenters. The average Bonchev–Trinajstić information content (AvgIpc) is 2.90. The Labute approximate surface area is 115 Å². The first-order valence-corrected chi connectivity index (χ1v) is 7.06. The molecule has 19 heavy (non-hydrogen) atoms. The molecule has 1 aliphatic heterocycles. The number of carboxylic acids is 1. The number of amides is 2.